The number of carbonyl (C=O) groups is 2. The Morgan fingerprint density at radius 1 is 1.32 bits per heavy atom. The maximum absolute atomic E-state index is 11.6. The maximum Gasteiger partial charge on any atom is 0.412 e. The Balaban J connectivity index is 2.95. The molecule has 0 atom stereocenters. The predicted molar refractivity (Wildman–Crippen MR) is 73.0 cm³/mol. The lowest BCUT2D eigenvalue weighted by Gasteiger charge is -2.20. The van der Waals surface area contributed by atoms with Gasteiger partial charge in [-0.1, -0.05) is 11.6 Å². The summed E-state index contributed by atoms with van der Waals surface area (Å²) >= 11 is 6.02. The van der Waals surface area contributed by atoms with Crippen LogP contribution in [-0.4, -0.2) is 22.8 Å². The zero-order chi connectivity index (χ0) is 14.8. The highest BCUT2D eigenvalue weighted by Crippen LogP contribution is 2.28. The lowest BCUT2D eigenvalue weighted by molar-refractivity contribution is 0.0634. The largest absolute Gasteiger partial charge is 0.478 e. The molecule has 6 heteroatoms. The number of rotatable bonds is 2. The number of hydrogen-bond acceptors (Lipinski definition) is 3. The molecular weight excluding hydrogens is 270 g/mol. The van der Waals surface area contributed by atoms with Gasteiger partial charge >= 0.3 is 12.1 Å². The zero-order valence-corrected chi connectivity index (χ0v) is 12.0. The molecule has 2 N–H and O–H groups in total. The lowest BCUT2D eigenvalue weighted by atomic mass is 10.1. The van der Waals surface area contributed by atoms with Crippen LogP contribution in [0.5, 0.6) is 0 Å². The first kappa shape index (κ1) is 15.3. The first-order chi connectivity index (χ1) is 8.61. The number of anilines is 1. The molecule has 1 amide bonds. The highest BCUT2D eigenvalue weighted by molar-refractivity contribution is 6.34. The number of benzene rings is 1. The van der Waals surface area contributed by atoms with Gasteiger partial charge in [0.2, 0.25) is 0 Å². The van der Waals surface area contributed by atoms with E-state index in [-0.39, 0.29) is 10.6 Å². The van der Waals surface area contributed by atoms with Crippen molar-refractivity contribution in [3.05, 3.63) is 28.3 Å². The molecule has 0 fully saturated rings. The molecule has 19 heavy (non-hydrogen) atoms. The van der Waals surface area contributed by atoms with Crippen LogP contribution in [0.1, 0.15) is 36.7 Å². The third-order valence-electron chi connectivity index (χ3n) is 2.25. The normalized spacial score (nSPS) is 11.0. The summed E-state index contributed by atoms with van der Waals surface area (Å²) in [6.07, 6.45) is -0.642. The predicted octanol–water partition coefficient (Wildman–Crippen LogP) is 3.69. The van der Waals surface area contributed by atoms with Crippen molar-refractivity contribution in [1.82, 2.24) is 0 Å². The quantitative estimate of drug-likeness (QED) is 0.869. The minimum absolute atomic E-state index is 0.0970. The SMILES string of the molecule is Cc1c(C(=O)O)ccc(NC(=O)OC(C)(C)C)c1Cl. The van der Waals surface area contributed by atoms with Gasteiger partial charge in [-0.2, -0.15) is 0 Å². The van der Waals surface area contributed by atoms with Crippen molar-refractivity contribution >= 4 is 29.4 Å². The summed E-state index contributed by atoms with van der Waals surface area (Å²) < 4.78 is 5.09. The first-order valence-electron chi connectivity index (χ1n) is 5.64. The van der Waals surface area contributed by atoms with Gasteiger partial charge in [0.25, 0.3) is 0 Å². The van der Waals surface area contributed by atoms with Crippen LogP contribution >= 0.6 is 11.6 Å². The fourth-order valence-electron chi connectivity index (χ4n) is 1.43. The highest BCUT2D eigenvalue weighted by atomic mass is 35.5. The number of aromatic carboxylic acids is 1. The van der Waals surface area contributed by atoms with Gasteiger partial charge in [0.05, 0.1) is 16.3 Å². The number of halogens is 1. The van der Waals surface area contributed by atoms with E-state index in [1.807, 2.05) is 0 Å². The second-order valence-corrected chi connectivity index (χ2v) is 5.41. The lowest BCUT2D eigenvalue weighted by Crippen LogP contribution is -2.27. The van der Waals surface area contributed by atoms with Crippen LogP contribution in [0.3, 0.4) is 0 Å². The van der Waals surface area contributed by atoms with Crippen LogP contribution in [0.25, 0.3) is 0 Å². The molecule has 0 heterocycles. The van der Waals surface area contributed by atoms with Gasteiger partial charge in [-0.15, -0.1) is 0 Å². The second kappa shape index (κ2) is 5.48. The molecule has 0 saturated heterocycles. The number of ether oxygens (including phenoxy) is 1. The van der Waals surface area contributed by atoms with E-state index in [2.05, 4.69) is 5.32 Å². The topological polar surface area (TPSA) is 75.6 Å². The van der Waals surface area contributed by atoms with Crippen molar-refractivity contribution in [1.29, 1.82) is 0 Å². The molecule has 1 rings (SSSR count). The molecule has 0 unspecified atom stereocenters. The average molecular weight is 286 g/mol. The Morgan fingerprint density at radius 2 is 1.89 bits per heavy atom. The smallest absolute Gasteiger partial charge is 0.412 e. The fourth-order valence-corrected chi connectivity index (χ4v) is 1.64. The van der Waals surface area contributed by atoms with Gasteiger partial charge in [-0.05, 0) is 45.4 Å². The van der Waals surface area contributed by atoms with E-state index in [0.717, 1.165) is 0 Å². The van der Waals surface area contributed by atoms with Gasteiger partial charge in [0.1, 0.15) is 5.60 Å². The molecule has 0 aliphatic carbocycles. The van der Waals surface area contributed by atoms with Crippen LogP contribution in [-0.2, 0) is 4.74 Å². The third kappa shape index (κ3) is 4.13. The molecule has 0 spiro atoms. The van der Waals surface area contributed by atoms with E-state index in [1.54, 1.807) is 27.7 Å². The van der Waals surface area contributed by atoms with Crippen molar-refractivity contribution in [2.45, 2.75) is 33.3 Å². The molecule has 0 aliphatic heterocycles. The number of nitrogens with one attached hydrogen (secondary N) is 1. The summed E-state index contributed by atoms with van der Waals surface area (Å²) in [5, 5.41) is 11.6. The van der Waals surface area contributed by atoms with Gasteiger partial charge in [0, 0.05) is 0 Å². The van der Waals surface area contributed by atoms with Gasteiger partial charge in [-0.25, -0.2) is 9.59 Å². The molecule has 0 bridgehead atoms. The minimum atomic E-state index is -1.07. The van der Waals surface area contributed by atoms with E-state index in [9.17, 15) is 9.59 Å². The summed E-state index contributed by atoms with van der Waals surface area (Å²) in [6.45, 7) is 6.80. The van der Waals surface area contributed by atoms with Crippen LogP contribution in [0.15, 0.2) is 12.1 Å². The Bertz CT molecular complexity index is 520. The summed E-state index contributed by atoms with van der Waals surface area (Å²) in [7, 11) is 0. The van der Waals surface area contributed by atoms with E-state index < -0.39 is 17.7 Å². The Morgan fingerprint density at radius 3 is 2.37 bits per heavy atom. The maximum atomic E-state index is 11.6. The first-order valence-corrected chi connectivity index (χ1v) is 6.02. The third-order valence-corrected chi connectivity index (χ3v) is 2.74. The second-order valence-electron chi connectivity index (χ2n) is 5.03. The number of carboxylic acid groups (broad SMARTS) is 1. The number of amides is 1. The average Bonchev–Trinajstić information content (AvgIpc) is 2.21. The number of hydrogen-bond donors (Lipinski definition) is 2. The van der Waals surface area contributed by atoms with Crippen LogP contribution in [0.4, 0.5) is 10.5 Å². The van der Waals surface area contributed by atoms with Crippen LogP contribution in [0, 0.1) is 6.92 Å². The van der Waals surface area contributed by atoms with E-state index in [4.69, 9.17) is 21.4 Å². The molecule has 1 aromatic rings. The molecule has 0 aromatic heterocycles. The van der Waals surface area contributed by atoms with E-state index in [0.29, 0.717) is 11.3 Å². The summed E-state index contributed by atoms with van der Waals surface area (Å²) in [6, 6.07) is 2.82. The molecule has 5 nitrogen and oxygen atoms in total. The molecule has 1 aromatic carbocycles. The highest BCUT2D eigenvalue weighted by Gasteiger charge is 2.19. The molecule has 0 saturated carbocycles. The fraction of sp³-hybridized carbons (Fsp3) is 0.385. The van der Waals surface area contributed by atoms with Crippen molar-refractivity contribution in [2.24, 2.45) is 0 Å². The number of carboxylic acids is 1. The monoisotopic (exact) mass is 285 g/mol. The van der Waals surface area contributed by atoms with Gasteiger partial charge in [-0.3, -0.25) is 5.32 Å². The van der Waals surface area contributed by atoms with Crippen LogP contribution < -0.4 is 5.32 Å². The Labute approximate surface area is 116 Å². The molecular formula is C13H16ClNO4. The van der Waals surface area contributed by atoms with E-state index in [1.165, 1.54) is 12.1 Å². The molecule has 0 aliphatic rings. The Kier molecular flexibility index (Phi) is 4.42. The van der Waals surface area contributed by atoms with Crippen molar-refractivity contribution in [3.63, 3.8) is 0 Å². The van der Waals surface area contributed by atoms with Crippen molar-refractivity contribution < 1.29 is 19.4 Å². The minimum Gasteiger partial charge on any atom is -0.478 e. The summed E-state index contributed by atoms with van der Waals surface area (Å²) in [5.41, 5.74) is 0.188. The van der Waals surface area contributed by atoms with Gasteiger partial charge < -0.3 is 9.84 Å². The number of carbonyl (C=O) groups excluding carboxylic acids is 1. The summed E-state index contributed by atoms with van der Waals surface area (Å²) in [5.74, 6) is -1.07. The Hall–Kier alpha value is -1.75. The van der Waals surface area contributed by atoms with Crippen molar-refractivity contribution in [2.75, 3.05) is 5.32 Å². The molecule has 104 valence electrons. The van der Waals surface area contributed by atoms with Gasteiger partial charge in [0.15, 0.2) is 0 Å². The summed E-state index contributed by atoms with van der Waals surface area (Å²) in [4.78, 5) is 22.5. The van der Waals surface area contributed by atoms with Crippen LogP contribution in [0.2, 0.25) is 5.02 Å². The van der Waals surface area contributed by atoms with Crippen molar-refractivity contribution in [3.8, 4) is 0 Å². The van der Waals surface area contributed by atoms with E-state index >= 15 is 0 Å². The molecule has 0 radical (unpaired) electrons. The standard InChI is InChI=1S/C13H16ClNO4/c1-7-8(11(16)17)5-6-9(10(7)14)15-12(18)19-13(2,3)4/h5-6H,1-4H3,(H,15,18)(H,16,17). The zero-order valence-electron chi connectivity index (χ0n) is 11.2.